The van der Waals surface area contributed by atoms with Crippen molar-refractivity contribution in [1.29, 1.82) is 0 Å². The Morgan fingerprint density at radius 3 is 1.65 bits per heavy atom. The Morgan fingerprint density at radius 1 is 0.478 bits per heavy atom. The summed E-state index contributed by atoms with van der Waals surface area (Å²) in [6.07, 6.45) is 35.5. The van der Waals surface area contributed by atoms with Gasteiger partial charge in [0.05, 0.1) is 0 Å². The van der Waals surface area contributed by atoms with Crippen molar-refractivity contribution in [3.05, 3.63) is 121 Å². The maximum atomic E-state index is 2.54. The van der Waals surface area contributed by atoms with Crippen LogP contribution in [0.4, 0.5) is 0 Å². The topological polar surface area (TPSA) is 0 Å². The Bertz CT molecular complexity index is 1350. The van der Waals surface area contributed by atoms with E-state index in [1.807, 2.05) is 66.1 Å². The van der Waals surface area contributed by atoms with E-state index in [9.17, 15) is 0 Å². The van der Waals surface area contributed by atoms with Crippen LogP contribution in [0, 0.1) is 63.7 Å². The van der Waals surface area contributed by atoms with Crippen LogP contribution in [0.3, 0.4) is 0 Å². The Labute approximate surface area is 308 Å². The molecule has 242 valence electrons. The van der Waals surface area contributed by atoms with Gasteiger partial charge in [-0.2, -0.15) is 0 Å². The molecule has 10 radical (unpaired) electrons. The van der Waals surface area contributed by atoms with E-state index < -0.39 is 0 Å². The van der Waals surface area contributed by atoms with Crippen LogP contribution in [0.1, 0.15) is 94.1 Å². The van der Waals surface area contributed by atoms with Crippen molar-refractivity contribution in [3.63, 3.8) is 0 Å². The average molecular weight is 725 g/mol. The molecule has 0 atom stereocenters. The minimum atomic E-state index is 0. The monoisotopic (exact) mass is 724 g/mol. The standard InChI is InChI=1S/C36H43S4.C5H5.Fe/c1-3-5-7-9-17-28-24-25-37-35(28)33-22-20-31(39-33)32-21-23-34(40-32)36-29(18-10-8-6-4-2)26-30(38-36)19-13-16-27-14-11-12-15-27;1-2-4-5-3-1;/h11-12,14-15,20-26H,3-10,13,16-19H2,1-2H3;1-5H;/q;;+2. The Morgan fingerprint density at radius 2 is 1.04 bits per heavy atom. The first kappa shape index (κ1) is 38.1. The zero-order chi connectivity index (χ0) is 31.1. The fraction of sp³-hybridized carbons (Fsp3) is 0.366. The second-order valence-corrected chi connectivity index (χ2v) is 16.1. The van der Waals surface area contributed by atoms with Gasteiger partial charge in [0.15, 0.2) is 0 Å². The molecule has 0 N–H and O–H groups in total. The van der Waals surface area contributed by atoms with Crippen molar-refractivity contribution in [3.8, 4) is 29.3 Å². The predicted octanol–water partition coefficient (Wildman–Crippen LogP) is 13.9. The Hall–Kier alpha value is -0.681. The summed E-state index contributed by atoms with van der Waals surface area (Å²) in [6.45, 7) is 4.59. The van der Waals surface area contributed by atoms with E-state index in [0.29, 0.717) is 0 Å². The molecular formula is C41H48FeS4+2. The minimum Gasteiger partial charge on any atom is -0.143 e. The molecule has 4 heterocycles. The summed E-state index contributed by atoms with van der Waals surface area (Å²) < 4.78 is 0. The van der Waals surface area contributed by atoms with Crippen LogP contribution in [-0.4, -0.2) is 0 Å². The zero-order valence-corrected chi connectivity index (χ0v) is 31.8. The molecule has 2 aliphatic rings. The SMILES string of the molecule is CCCCCCc1ccsc1-c1ccc(-c2ccc(-c3sc(CCC[C]4[CH][CH][CH][CH]4)cc3CCCCCC)s2)s1.[CH]1[CH][CH][CH][CH]1.[Fe+2]. The van der Waals surface area contributed by atoms with Crippen molar-refractivity contribution < 1.29 is 17.1 Å². The third kappa shape index (κ3) is 11.7. The zero-order valence-electron chi connectivity index (χ0n) is 27.4. The number of hydrogen-bond acceptors (Lipinski definition) is 4. The van der Waals surface area contributed by atoms with Gasteiger partial charge in [-0.1, -0.05) is 52.4 Å². The summed E-state index contributed by atoms with van der Waals surface area (Å²) in [5.41, 5.74) is 3.12. The van der Waals surface area contributed by atoms with Crippen molar-refractivity contribution >= 4 is 45.3 Å². The predicted molar refractivity (Wildman–Crippen MR) is 205 cm³/mol. The largest absolute Gasteiger partial charge is 2.00 e. The normalized spacial score (nSPS) is 14.8. The fourth-order valence-electron chi connectivity index (χ4n) is 5.79. The van der Waals surface area contributed by atoms with E-state index in [1.165, 1.54) is 119 Å². The number of aryl methyl sites for hydroxylation is 3. The molecule has 2 aliphatic carbocycles. The molecule has 0 nitrogen and oxygen atoms in total. The van der Waals surface area contributed by atoms with Gasteiger partial charge in [-0.15, -0.1) is 45.3 Å². The molecule has 0 spiro atoms. The van der Waals surface area contributed by atoms with Crippen molar-refractivity contribution in [1.82, 2.24) is 0 Å². The third-order valence-corrected chi connectivity index (χ3v) is 13.2. The van der Waals surface area contributed by atoms with Crippen LogP contribution in [0.2, 0.25) is 0 Å². The van der Waals surface area contributed by atoms with Crippen LogP contribution in [-0.2, 0) is 36.3 Å². The van der Waals surface area contributed by atoms with Gasteiger partial charge in [0, 0.05) is 34.1 Å². The van der Waals surface area contributed by atoms with E-state index in [4.69, 9.17) is 0 Å². The van der Waals surface area contributed by atoms with Crippen LogP contribution < -0.4 is 0 Å². The van der Waals surface area contributed by atoms with Crippen molar-refractivity contribution in [2.24, 2.45) is 0 Å². The van der Waals surface area contributed by atoms with Gasteiger partial charge in [-0.05, 0) is 162 Å². The summed E-state index contributed by atoms with van der Waals surface area (Å²) in [5.74, 6) is 1.47. The third-order valence-electron chi connectivity index (χ3n) is 8.28. The molecule has 2 saturated carbocycles. The molecule has 4 aromatic heterocycles. The first-order chi connectivity index (χ1) is 22.2. The van der Waals surface area contributed by atoms with E-state index in [2.05, 4.69) is 92.6 Å². The molecule has 46 heavy (non-hydrogen) atoms. The van der Waals surface area contributed by atoms with Crippen LogP contribution in [0.5, 0.6) is 0 Å². The van der Waals surface area contributed by atoms with Crippen molar-refractivity contribution in [2.45, 2.75) is 97.3 Å². The summed E-state index contributed by atoms with van der Waals surface area (Å²) in [5, 5.41) is 2.28. The fourth-order valence-corrected chi connectivity index (χ4v) is 10.4. The maximum Gasteiger partial charge on any atom is 2.00 e. The number of unbranched alkanes of at least 4 members (excludes halogenated alkanes) is 6. The summed E-state index contributed by atoms with van der Waals surface area (Å²) in [6, 6.07) is 14.4. The van der Waals surface area contributed by atoms with Gasteiger partial charge in [0.2, 0.25) is 0 Å². The molecule has 2 fully saturated rings. The molecule has 0 saturated heterocycles. The number of rotatable bonds is 17. The molecule has 0 amide bonds. The molecule has 0 aromatic carbocycles. The molecule has 0 bridgehead atoms. The molecule has 0 aliphatic heterocycles. The van der Waals surface area contributed by atoms with Crippen LogP contribution in [0.25, 0.3) is 29.3 Å². The molecule has 6 rings (SSSR count). The smallest absolute Gasteiger partial charge is 0.143 e. The molecule has 0 unspecified atom stereocenters. The maximum absolute atomic E-state index is 2.54. The average Bonchev–Trinajstić information content (AvgIpc) is 3.90. The van der Waals surface area contributed by atoms with E-state index in [0.717, 1.165) is 0 Å². The summed E-state index contributed by atoms with van der Waals surface area (Å²) in [4.78, 5) is 10.3. The number of hydrogen-bond donors (Lipinski definition) is 0. The molecular weight excluding hydrogens is 677 g/mol. The van der Waals surface area contributed by atoms with E-state index in [-0.39, 0.29) is 17.1 Å². The van der Waals surface area contributed by atoms with Gasteiger partial charge in [0.1, 0.15) is 0 Å². The second-order valence-electron chi connectivity index (χ2n) is 11.9. The van der Waals surface area contributed by atoms with E-state index in [1.54, 1.807) is 16.0 Å². The number of thiophene rings is 4. The Kier molecular flexibility index (Phi) is 17.7. The molecule has 4 aromatic rings. The van der Waals surface area contributed by atoms with Gasteiger partial charge < -0.3 is 0 Å². The van der Waals surface area contributed by atoms with Crippen molar-refractivity contribution in [2.75, 3.05) is 0 Å². The Balaban J connectivity index is 0.000000731. The summed E-state index contributed by atoms with van der Waals surface area (Å²) in [7, 11) is 0. The first-order valence-electron chi connectivity index (χ1n) is 17.0. The molecule has 5 heteroatoms. The van der Waals surface area contributed by atoms with E-state index >= 15 is 0 Å². The van der Waals surface area contributed by atoms with Gasteiger partial charge in [0.25, 0.3) is 0 Å². The van der Waals surface area contributed by atoms with Gasteiger partial charge >= 0.3 is 17.1 Å². The van der Waals surface area contributed by atoms with Crippen LogP contribution in [0.15, 0.2) is 41.8 Å². The van der Waals surface area contributed by atoms with Crippen LogP contribution >= 0.6 is 45.3 Å². The second kappa shape index (κ2) is 21.4. The van der Waals surface area contributed by atoms with Gasteiger partial charge in [-0.3, -0.25) is 0 Å². The summed E-state index contributed by atoms with van der Waals surface area (Å²) >= 11 is 7.93. The van der Waals surface area contributed by atoms with Gasteiger partial charge in [-0.25, -0.2) is 0 Å². The minimum absolute atomic E-state index is 0. The quantitative estimate of drug-likeness (QED) is 0.0751. The first-order valence-corrected chi connectivity index (χ1v) is 20.3.